The molecule has 1 aromatic rings. The first-order valence-corrected chi connectivity index (χ1v) is 7.44. The third-order valence-corrected chi connectivity index (χ3v) is 4.78. The van der Waals surface area contributed by atoms with Gasteiger partial charge in [-0.3, -0.25) is 0 Å². The zero-order chi connectivity index (χ0) is 12.5. The number of hydrogen-bond acceptors (Lipinski definition) is 1. The van der Waals surface area contributed by atoms with Gasteiger partial charge in [-0.1, -0.05) is 6.42 Å². The fourth-order valence-electron chi connectivity index (χ4n) is 3.69. The van der Waals surface area contributed by atoms with Gasteiger partial charge in [-0.15, -0.1) is 11.6 Å². The molecule has 2 aliphatic rings. The Morgan fingerprint density at radius 3 is 2.89 bits per heavy atom. The second-order valence-corrected chi connectivity index (χ2v) is 5.77. The van der Waals surface area contributed by atoms with Gasteiger partial charge in [0, 0.05) is 24.2 Å². The van der Waals surface area contributed by atoms with E-state index in [1.54, 1.807) is 12.1 Å². The Labute approximate surface area is 113 Å². The summed E-state index contributed by atoms with van der Waals surface area (Å²) in [5.74, 6) is 1.04. The van der Waals surface area contributed by atoms with Gasteiger partial charge < -0.3 is 4.90 Å². The lowest BCUT2D eigenvalue weighted by atomic mass is 9.91. The number of rotatable bonds is 2. The highest BCUT2D eigenvalue weighted by Crippen LogP contribution is 2.40. The van der Waals surface area contributed by atoms with Crippen LogP contribution in [0, 0.1) is 11.7 Å². The monoisotopic (exact) mass is 267 g/mol. The molecule has 0 radical (unpaired) electrons. The van der Waals surface area contributed by atoms with Crippen molar-refractivity contribution in [1.29, 1.82) is 0 Å². The highest BCUT2D eigenvalue weighted by Gasteiger charge is 2.35. The molecule has 1 heterocycles. The third-order valence-electron chi connectivity index (χ3n) is 4.49. The van der Waals surface area contributed by atoms with Gasteiger partial charge in [0.05, 0.1) is 0 Å². The zero-order valence-corrected chi connectivity index (χ0v) is 11.3. The van der Waals surface area contributed by atoms with Crippen LogP contribution in [0.5, 0.6) is 0 Å². The first-order valence-electron chi connectivity index (χ1n) is 6.90. The number of anilines is 1. The minimum atomic E-state index is -0.186. The molecule has 0 bridgehead atoms. The molecule has 3 heteroatoms. The maximum Gasteiger partial charge on any atom is 0.123 e. The molecule has 3 rings (SSSR count). The van der Waals surface area contributed by atoms with Crippen molar-refractivity contribution in [2.45, 2.75) is 44.0 Å². The van der Waals surface area contributed by atoms with E-state index in [2.05, 4.69) is 4.90 Å². The molecule has 2 fully saturated rings. The van der Waals surface area contributed by atoms with Crippen molar-refractivity contribution >= 4 is 17.3 Å². The van der Waals surface area contributed by atoms with Gasteiger partial charge >= 0.3 is 0 Å². The van der Waals surface area contributed by atoms with Crippen molar-refractivity contribution < 1.29 is 4.39 Å². The number of hydrogen-bond donors (Lipinski definition) is 0. The standard InChI is InChI=1S/C15H19ClFN/c16-10-12-9-13(17)6-7-15(12)18-8-2-4-11-3-1-5-14(11)18/h6-7,9,11,14H,1-5,8,10H2. The summed E-state index contributed by atoms with van der Waals surface area (Å²) in [6, 6.07) is 5.71. The minimum Gasteiger partial charge on any atom is -0.368 e. The van der Waals surface area contributed by atoms with Crippen LogP contribution in [0.25, 0.3) is 0 Å². The SMILES string of the molecule is Fc1ccc(N2CCCC3CCCC32)c(CCl)c1. The average molecular weight is 268 g/mol. The normalized spacial score (nSPS) is 27.3. The Morgan fingerprint density at radius 1 is 1.22 bits per heavy atom. The summed E-state index contributed by atoms with van der Waals surface area (Å²) in [5.41, 5.74) is 2.09. The van der Waals surface area contributed by atoms with E-state index in [1.807, 2.05) is 6.07 Å². The van der Waals surface area contributed by atoms with Gasteiger partial charge in [0.1, 0.15) is 5.82 Å². The molecule has 98 valence electrons. The lowest BCUT2D eigenvalue weighted by molar-refractivity contribution is 0.362. The smallest absolute Gasteiger partial charge is 0.123 e. The van der Waals surface area contributed by atoms with Gasteiger partial charge in [0.25, 0.3) is 0 Å². The molecule has 1 nitrogen and oxygen atoms in total. The molecule has 1 aromatic carbocycles. The van der Waals surface area contributed by atoms with Crippen LogP contribution in [-0.2, 0) is 5.88 Å². The molecule has 0 N–H and O–H groups in total. The van der Waals surface area contributed by atoms with Crippen molar-refractivity contribution in [2.24, 2.45) is 5.92 Å². The largest absolute Gasteiger partial charge is 0.368 e. The summed E-state index contributed by atoms with van der Waals surface area (Å²) in [6.45, 7) is 1.09. The Balaban J connectivity index is 1.93. The number of benzene rings is 1. The maximum absolute atomic E-state index is 13.3. The van der Waals surface area contributed by atoms with E-state index in [9.17, 15) is 4.39 Å². The summed E-state index contributed by atoms with van der Waals surface area (Å²) < 4.78 is 13.3. The summed E-state index contributed by atoms with van der Waals surface area (Å²) in [5, 5.41) is 0. The summed E-state index contributed by atoms with van der Waals surface area (Å²) in [6.07, 6.45) is 6.59. The van der Waals surface area contributed by atoms with Crippen molar-refractivity contribution in [3.63, 3.8) is 0 Å². The number of nitrogens with zero attached hydrogens (tertiary/aromatic N) is 1. The molecule has 1 saturated carbocycles. The molecule has 0 aromatic heterocycles. The Hall–Kier alpha value is -0.760. The topological polar surface area (TPSA) is 3.24 Å². The van der Waals surface area contributed by atoms with Crippen molar-refractivity contribution in [2.75, 3.05) is 11.4 Å². The molecule has 18 heavy (non-hydrogen) atoms. The van der Waals surface area contributed by atoms with Crippen LogP contribution in [-0.4, -0.2) is 12.6 Å². The van der Waals surface area contributed by atoms with Gasteiger partial charge in [-0.25, -0.2) is 4.39 Å². The second kappa shape index (κ2) is 5.08. The van der Waals surface area contributed by atoms with Crippen LogP contribution in [0.15, 0.2) is 18.2 Å². The zero-order valence-electron chi connectivity index (χ0n) is 10.5. The number of alkyl halides is 1. The first kappa shape index (κ1) is 12.3. The van der Waals surface area contributed by atoms with Crippen LogP contribution >= 0.6 is 11.6 Å². The highest BCUT2D eigenvalue weighted by atomic mass is 35.5. The van der Waals surface area contributed by atoms with Crippen molar-refractivity contribution in [3.05, 3.63) is 29.6 Å². The van der Waals surface area contributed by atoms with E-state index < -0.39 is 0 Å². The van der Waals surface area contributed by atoms with E-state index in [0.717, 1.165) is 23.7 Å². The minimum absolute atomic E-state index is 0.186. The lowest BCUT2D eigenvalue weighted by Gasteiger charge is -2.40. The van der Waals surface area contributed by atoms with Crippen molar-refractivity contribution in [3.8, 4) is 0 Å². The van der Waals surface area contributed by atoms with Crippen LogP contribution in [0.4, 0.5) is 10.1 Å². The summed E-state index contributed by atoms with van der Waals surface area (Å²) in [7, 11) is 0. The summed E-state index contributed by atoms with van der Waals surface area (Å²) in [4.78, 5) is 2.48. The molecular weight excluding hydrogens is 249 g/mol. The Morgan fingerprint density at radius 2 is 2.06 bits per heavy atom. The second-order valence-electron chi connectivity index (χ2n) is 5.50. The predicted molar refractivity (Wildman–Crippen MR) is 73.7 cm³/mol. The predicted octanol–water partition coefficient (Wildman–Crippen LogP) is 4.33. The Bertz CT molecular complexity index is 435. The van der Waals surface area contributed by atoms with Crippen LogP contribution < -0.4 is 4.90 Å². The fourth-order valence-corrected chi connectivity index (χ4v) is 3.91. The number of fused-ring (bicyclic) bond motifs is 1. The maximum atomic E-state index is 13.3. The van der Waals surface area contributed by atoms with Crippen molar-refractivity contribution in [1.82, 2.24) is 0 Å². The van der Waals surface area contributed by atoms with E-state index in [4.69, 9.17) is 11.6 Å². The fraction of sp³-hybridized carbons (Fsp3) is 0.600. The molecule has 0 amide bonds. The molecule has 1 aliphatic carbocycles. The van der Waals surface area contributed by atoms with E-state index in [0.29, 0.717) is 11.9 Å². The molecule has 1 aliphatic heterocycles. The highest BCUT2D eigenvalue weighted by molar-refractivity contribution is 6.17. The van der Waals surface area contributed by atoms with Gasteiger partial charge in [0.15, 0.2) is 0 Å². The third kappa shape index (κ3) is 2.11. The van der Waals surface area contributed by atoms with Gasteiger partial charge in [0.2, 0.25) is 0 Å². The molecule has 1 saturated heterocycles. The van der Waals surface area contributed by atoms with Crippen LogP contribution in [0.1, 0.15) is 37.7 Å². The molecular formula is C15H19ClFN. The molecule has 2 unspecified atom stereocenters. The number of halogens is 2. The van der Waals surface area contributed by atoms with E-state index >= 15 is 0 Å². The average Bonchev–Trinajstić information content (AvgIpc) is 2.86. The first-order chi connectivity index (χ1) is 8.79. The quantitative estimate of drug-likeness (QED) is 0.721. The van der Waals surface area contributed by atoms with Crippen LogP contribution in [0.2, 0.25) is 0 Å². The lowest BCUT2D eigenvalue weighted by Crippen LogP contribution is -2.43. The molecule has 2 atom stereocenters. The Kier molecular flexibility index (Phi) is 3.47. The summed E-state index contributed by atoms with van der Waals surface area (Å²) >= 11 is 5.97. The van der Waals surface area contributed by atoms with Gasteiger partial charge in [-0.2, -0.15) is 0 Å². The van der Waals surface area contributed by atoms with E-state index in [-0.39, 0.29) is 5.82 Å². The van der Waals surface area contributed by atoms with Gasteiger partial charge in [-0.05, 0) is 55.4 Å². The molecule has 0 spiro atoms. The van der Waals surface area contributed by atoms with E-state index in [1.165, 1.54) is 32.1 Å². The number of piperidine rings is 1. The van der Waals surface area contributed by atoms with Crippen LogP contribution in [0.3, 0.4) is 0 Å².